The van der Waals surface area contributed by atoms with Gasteiger partial charge in [-0.05, 0) is 77.7 Å². The van der Waals surface area contributed by atoms with Crippen molar-refractivity contribution in [3.05, 3.63) is 35.9 Å². The van der Waals surface area contributed by atoms with Gasteiger partial charge in [-0.1, -0.05) is 56.0 Å². The van der Waals surface area contributed by atoms with Crippen LogP contribution < -0.4 is 5.32 Å². The Morgan fingerprint density at radius 2 is 1.68 bits per heavy atom. The van der Waals surface area contributed by atoms with Gasteiger partial charge in [0.15, 0.2) is 0 Å². The number of ether oxygens (including phenoxy) is 2. The van der Waals surface area contributed by atoms with Gasteiger partial charge in [-0.15, -0.1) is 0 Å². The minimum Gasteiger partial charge on any atom is -0.465 e. The second-order valence-electron chi connectivity index (χ2n) is 11.7. The number of carbonyl (C=O) groups excluding carboxylic acids is 3. The number of amides is 1. The molecule has 0 spiro atoms. The van der Waals surface area contributed by atoms with Crippen molar-refractivity contribution in [2.45, 2.75) is 110 Å². The fraction of sp³-hybridized carbons (Fsp3) is 0.700. The van der Waals surface area contributed by atoms with Crippen molar-refractivity contribution >= 4 is 17.8 Å². The molecule has 2 aliphatic rings. The van der Waals surface area contributed by atoms with Gasteiger partial charge in [0, 0.05) is 6.04 Å². The zero-order valence-corrected chi connectivity index (χ0v) is 23.3. The minimum atomic E-state index is -0.643. The summed E-state index contributed by atoms with van der Waals surface area (Å²) in [6, 6.07) is 8.72. The van der Waals surface area contributed by atoms with Crippen molar-refractivity contribution in [3.63, 3.8) is 0 Å². The Morgan fingerprint density at radius 1 is 1.05 bits per heavy atom. The molecule has 7 heteroatoms. The molecular weight excluding hydrogens is 468 g/mol. The highest BCUT2D eigenvalue weighted by Gasteiger charge is 2.41. The number of nitrogens with one attached hydrogen (secondary N) is 1. The second-order valence-corrected chi connectivity index (χ2v) is 11.7. The Balaban J connectivity index is 1.72. The molecule has 2 saturated carbocycles. The van der Waals surface area contributed by atoms with E-state index in [1.807, 2.05) is 51.1 Å². The quantitative estimate of drug-likeness (QED) is 0.432. The summed E-state index contributed by atoms with van der Waals surface area (Å²) in [5, 5.41) is 3.24. The van der Waals surface area contributed by atoms with Crippen LogP contribution in [0.4, 0.5) is 0 Å². The summed E-state index contributed by atoms with van der Waals surface area (Å²) >= 11 is 0. The third kappa shape index (κ3) is 8.84. The number of hydrogen-bond acceptors (Lipinski definition) is 6. The first-order valence-electron chi connectivity index (χ1n) is 14.1. The van der Waals surface area contributed by atoms with E-state index in [0.717, 1.165) is 18.4 Å². The van der Waals surface area contributed by atoms with Gasteiger partial charge >= 0.3 is 11.9 Å². The topological polar surface area (TPSA) is 84.9 Å². The molecule has 2 fully saturated rings. The van der Waals surface area contributed by atoms with Crippen molar-refractivity contribution in [2.24, 2.45) is 11.8 Å². The SMILES string of the molecule is CCOC(=O)[C@H](CCc1ccccc1)N[C@@H](C)C(=O)N(CC(=O)OC(C)(C)C)C1C[C@H]2CCCC[C@@H]2C1. The van der Waals surface area contributed by atoms with Crippen molar-refractivity contribution in [1.29, 1.82) is 0 Å². The largest absolute Gasteiger partial charge is 0.465 e. The predicted molar refractivity (Wildman–Crippen MR) is 144 cm³/mol. The van der Waals surface area contributed by atoms with Crippen LogP contribution in [0.2, 0.25) is 0 Å². The normalized spacial score (nSPS) is 21.5. The molecule has 1 aromatic rings. The van der Waals surface area contributed by atoms with E-state index in [0.29, 0.717) is 24.7 Å². The number of benzene rings is 1. The van der Waals surface area contributed by atoms with Crippen molar-refractivity contribution in [3.8, 4) is 0 Å². The number of esters is 2. The molecule has 37 heavy (non-hydrogen) atoms. The minimum absolute atomic E-state index is 0.0164. The monoisotopic (exact) mass is 514 g/mol. The summed E-state index contributed by atoms with van der Waals surface area (Å²) in [6.07, 6.45) is 7.96. The summed E-state index contributed by atoms with van der Waals surface area (Å²) in [4.78, 5) is 41.2. The highest BCUT2D eigenvalue weighted by molar-refractivity contribution is 5.87. The summed E-state index contributed by atoms with van der Waals surface area (Å²) in [7, 11) is 0. The molecule has 0 bridgehead atoms. The van der Waals surface area contributed by atoms with Gasteiger partial charge in [-0.25, -0.2) is 0 Å². The molecular formula is C30H46N2O5. The Morgan fingerprint density at radius 3 is 2.24 bits per heavy atom. The molecule has 0 radical (unpaired) electrons. The van der Waals surface area contributed by atoms with Crippen LogP contribution in [0.25, 0.3) is 0 Å². The van der Waals surface area contributed by atoms with Crippen molar-refractivity contribution in [1.82, 2.24) is 10.2 Å². The molecule has 0 unspecified atom stereocenters. The van der Waals surface area contributed by atoms with Crippen molar-refractivity contribution in [2.75, 3.05) is 13.2 Å². The Kier molecular flexibility index (Phi) is 10.6. The van der Waals surface area contributed by atoms with E-state index in [2.05, 4.69) is 5.32 Å². The van der Waals surface area contributed by atoms with E-state index in [1.165, 1.54) is 25.7 Å². The maximum absolute atomic E-state index is 13.8. The lowest BCUT2D eigenvalue weighted by Crippen LogP contribution is -2.54. The molecule has 0 saturated heterocycles. The lowest BCUT2D eigenvalue weighted by atomic mass is 9.82. The van der Waals surface area contributed by atoms with Gasteiger partial charge in [0.25, 0.3) is 0 Å². The average Bonchev–Trinajstić information content (AvgIpc) is 3.28. The lowest BCUT2D eigenvalue weighted by molar-refractivity contribution is -0.160. The van der Waals surface area contributed by atoms with Crippen LogP contribution in [0, 0.1) is 11.8 Å². The molecule has 2 aliphatic carbocycles. The first-order chi connectivity index (χ1) is 17.6. The molecule has 7 nitrogen and oxygen atoms in total. The van der Waals surface area contributed by atoms with Crippen LogP contribution in [-0.2, 0) is 30.3 Å². The second kappa shape index (κ2) is 13.4. The molecule has 1 aromatic carbocycles. The number of nitrogens with zero attached hydrogens (tertiary/aromatic N) is 1. The van der Waals surface area contributed by atoms with E-state index >= 15 is 0 Å². The summed E-state index contributed by atoms with van der Waals surface area (Å²) < 4.78 is 10.9. The molecule has 1 amide bonds. The van der Waals surface area contributed by atoms with E-state index in [-0.39, 0.29) is 31.1 Å². The fourth-order valence-electron chi connectivity index (χ4n) is 5.94. The van der Waals surface area contributed by atoms with Crippen LogP contribution in [0.5, 0.6) is 0 Å². The summed E-state index contributed by atoms with van der Waals surface area (Å²) in [5.41, 5.74) is 0.504. The lowest BCUT2D eigenvalue weighted by Gasteiger charge is -2.33. The maximum atomic E-state index is 13.8. The standard InChI is InChI=1S/C30H46N2O5/c1-6-36-29(35)26(17-16-22-12-8-7-9-13-22)31-21(2)28(34)32(20-27(33)37-30(3,4)5)25-18-23-14-10-11-15-24(23)19-25/h7-9,12-13,21,23-26,31H,6,10-11,14-20H2,1-5H3/t21-,23+,24+,26-/m0/s1. The Hall–Kier alpha value is -2.41. The summed E-state index contributed by atoms with van der Waals surface area (Å²) in [6.45, 7) is 9.27. The molecule has 0 aromatic heterocycles. The number of fused-ring (bicyclic) bond motifs is 1. The predicted octanol–water partition coefficient (Wildman–Crippen LogP) is 4.67. The van der Waals surface area contributed by atoms with E-state index in [9.17, 15) is 14.4 Å². The molecule has 206 valence electrons. The maximum Gasteiger partial charge on any atom is 0.326 e. The van der Waals surface area contributed by atoms with Gasteiger partial charge < -0.3 is 14.4 Å². The highest BCUT2D eigenvalue weighted by Crippen LogP contribution is 2.44. The number of rotatable bonds is 11. The smallest absolute Gasteiger partial charge is 0.326 e. The average molecular weight is 515 g/mol. The van der Waals surface area contributed by atoms with Gasteiger partial charge in [0.05, 0.1) is 12.6 Å². The van der Waals surface area contributed by atoms with Gasteiger partial charge in [-0.2, -0.15) is 0 Å². The molecule has 4 atom stereocenters. The number of aryl methyl sites for hydroxylation is 1. The van der Waals surface area contributed by atoms with Gasteiger partial charge in [0.2, 0.25) is 5.91 Å². The van der Waals surface area contributed by atoms with E-state index in [1.54, 1.807) is 18.7 Å². The van der Waals surface area contributed by atoms with E-state index < -0.39 is 23.7 Å². The fourth-order valence-corrected chi connectivity index (χ4v) is 5.94. The zero-order chi connectivity index (χ0) is 27.0. The van der Waals surface area contributed by atoms with E-state index in [4.69, 9.17) is 9.47 Å². The molecule has 1 N–H and O–H groups in total. The Bertz CT molecular complexity index is 883. The third-order valence-electron chi connectivity index (χ3n) is 7.62. The van der Waals surface area contributed by atoms with Crippen LogP contribution in [0.1, 0.15) is 85.1 Å². The zero-order valence-electron chi connectivity index (χ0n) is 23.3. The van der Waals surface area contributed by atoms with Crippen LogP contribution in [0.15, 0.2) is 30.3 Å². The van der Waals surface area contributed by atoms with Crippen LogP contribution in [-0.4, -0.2) is 59.6 Å². The molecule has 0 aliphatic heterocycles. The van der Waals surface area contributed by atoms with Gasteiger partial charge in [-0.3, -0.25) is 19.7 Å². The highest BCUT2D eigenvalue weighted by atomic mass is 16.6. The third-order valence-corrected chi connectivity index (χ3v) is 7.62. The Labute approximate surface area is 222 Å². The molecule has 0 heterocycles. The summed E-state index contributed by atoms with van der Waals surface area (Å²) in [5.74, 6) is 0.323. The van der Waals surface area contributed by atoms with Crippen LogP contribution >= 0.6 is 0 Å². The van der Waals surface area contributed by atoms with Gasteiger partial charge in [0.1, 0.15) is 18.2 Å². The first-order valence-corrected chi connectivity index (χ1v) is 14.1. The first kappa shape index (κ1) is 29.2. The number of hydrogen-bond donors (Lipinski definition) is 1. The number of carbonyl (C=O) groups is 3. The van der Waals surface area contributed by atoms with Crippen molar-refractivity contribution < 1.29 is 23.9 Å². The molecule has 3 rings (SSSR count). The van der Waals surface area contributed by atoms with Crippen LogP contribution in [0.3, 0.4) is 0 Å².